The monoisotopic (exact) mass is 585 g/mol. The number of nitrogens with zero attached hydrogens (tertiary/aromatic N) is 2. The van der Waals surface area contributed by atoms with E-state index in [-0.39, 0.29) is 16.8 Å². The zero-order valence-electron chi connectivity index (χ0n) is 22.9. The van der Waals surface area contributed by atoms with Gasteiger partial charge in [0.2, 0.25) is 10.0 Å². The predicted molar refractivity (Wildman–Crippen MR) is 167 cm³/mol. The molecule has 0 atom stereocenters. The van der Waals surface area contributed by atoms with Crippen LogP contribution in [-0.2, 0) is 22.2 Å². The van der Waals surface area contributed by atoms with E-state index in [4.69, 9.17) is 5.14 Å². The number of benzene rings is 4. The smallest absolute Gasteiger partial charge is 0.258 e. The molecule has 2 N–H and O–H groups in total. The van der Waals surface area contributed by atoms with E-state index in [2.05, 4.69) is 35.2 Å². The molecule has 0 saturated carbocycles. The lowest BCUT2D eigenvalue weighted by Gasteiger charge is -2.38. The average Bonchev–Trinajstić information content (AvgIpc) is 3.01. The zero-order chi connectivity index (χ0) is 28.7. The van der Waals surface area contributed by atoms with E-state index in [0.717, 1.165) is 55.0 Å². The van der Waals surface area contributed by atoms with Gasteiger partial charge in [-0.15, -0.1) is 11.8 Å². The lowest BCUT2D eigenvalue weighted by atomic mass is 10.00. The summed E-state index contributed by atoms with van der Waals surface area (Å²) in [5, 5.41) is 5.19. The Morgan fingerprint density at radius 1 is 0.805 bits per heavy atom. The van der Waals surface area contributed by atoms with Crippen molar-refractivity contribution in [3.63, 3.8) is 0 Å². The molecule has 5 rings (SSSR count). The zero-order valence-corrected chi connectivity index (χ0v) is 24.6. The molecule has 0 bridgehead atoms. The lowest BCUT2D eigenvalue weighted by molar-refractivity contribution is 0.0960. The number of piperidine rings is 1. The van der Waals surface area contributed by atoms with Crippen LogP contribution in [0, 0.1) is 0 Å². The first-order chi connectivity index (χ1) is 19.9. The van der Waals surface area contributed by atoms with Crippen LogP contribution in [0.2, 0.25) is 0 Å². The first-order valence-electron chi connectivity index (χ1n) is 13.9. The first kappa shape index (κ1) is 29.1. The van der Waals surface area contributed by atoms with Gasteiger partial charge in [0.25, 0.3) is 5.91 Å². The highest BCUT2D eigenvalue weighted by Crippen LogP contribution is 2.28. The minimum atomic E-state index is -3.70. The van der Waals surface area contributed by atoms with Crippen molar-refractivity contribution < 1.29 is 13.2 Å². The van der Waals surface area contributed by atoms with E-state index >= 15 is 0 Å². The Morgan fingerprint density at radius 2 is 1.41 bits per heavy atom. The molecule has 8 heteroatoms. The van der Waals surface area contributed by atoms with Gasteiger partial charge in [0, 0.05) is 47.6 Å². The number of carbonyl (C=O) groups is 1. The summed E-state index contributed by atoms with van der Waals surface area (Å²) >= 11 is 1.60. The molecule has 0 unspecified atom stereocenters. The summed E-state index contributed by atoms with van der Waals surface area (Å²) in [5.41, 5.74) is 4.05. The van der Waals surface area contributed by atoms with Crippen molar-refractivity contribution in [2.45, 2.75) is 40.8 Å². The second-order valence-electron chi connectivity index (χ2n) is 10.3. The molecule has 1 aliphatic heterocycles. The molecule has 41 heavy (non-hydrogen) atoms. The number of hydrogen-bond acceptors (Lipinski definition) is 5. The molecular formula is C33H35N3O3S2. The molecule has 0 aliphatic carbocycles. The van der Waals surface area contributed by atoms with Crippen LogP contribution in [-0.4, -0.2) is 44.9 Å². The third-order valence-corrected chi connectivity index (χ3v) is 9.51. The van der Waals surface area contributed by atoms with Crippen molar-refractivity contribution in [3.05, 3.63) is 126 Å². The fourth-order valence-corrected chi connectivity index (χ4v) is 6.56. The van der Waals surface area contributed by atoms with Gasteiger partial charge in [0.1, 0.15) is 0 Å². The summed E-state index contributed by atoms with van der Waals surface area (Å²) in [6, 6.07) is 35.1. The van der Waals surface area contributed by atoms with E-state index in [1.54, 1.807) is 23.9 Å². The summed E-state index contributed by atoms with van der Waals surface area (Å²) in [7, 11) is -3.70. The van der Waals surface area contributed by atoms with Crippen molar-refractivity contribution in [1.29, 1.82) is 0 Å². The van der Waals surface area contributed by atoms with E-state index in [9.17, 15) is 13.2 Å². The molecule has 1 amide bonds. The van der Waals surface area contributed by atoms with Gasteiger partial charge in [-0.1, -0.05) is 60.7 Å². The molecule has 1 saturated heterocycles. The molecule has 1 heterocycles. The first-order valence-corrected chi connectivity index (χ1v) is 16.4. The van der Waals surface area contributed by atoms with Crippen molar-refractivity contribution in [1.82, 2.24) is 4.90 Å². The topological polar surface area (TPSA) is 83.7 Å². The number of para-hydroxylation sites is 1. The van der Waals surface area contributed by atoms with Crippen LogP contribution in [0.3, 0.4) is 0 Å². The van der Waals surface area contributed by atoms with Crippen LogP contribution in [0.25, 0.3) is 0 Å². The van der Waals surface area contributed by atoms with Gasteiger partial charge in [-0.25, -0.2) is 13.6 Å². The second-order valence-corrected chi connectivity index (χ2v) is 12.9. The molecular weight excluding hydrogens is 551 g/mol. The molecule has 0 aromatic heterocycles. The number of primary sulfonamides is 1. The molecule has 1 fully saturated rings. The number of carbonyl (C=O) groups excluding carboxylic acids is 1. The van der Waals surface area contributed by atoms with Crippen LogP contribution >= 0.6 is 11.8 Å². The molecule has 212 valence electrons. The fourth-order valence-electron chi connectivity index (χ4n) is 5.19. The van der Waals surface area contributed by atoms with Gasteiger partial charge in [-0.05, 0) is 78.9 Å². The molecule has 0 spiro atoms. The number of amides is 1. The highest BCUT2D eigenvalue weighted by Gasteiger charge is 2.29. The lowest BCUT2D eigenvalue weighted by Crippen LogP contribution is -2.48. The van der Waals surface area contributed by atoms with Crippen LogP contribution in [0.15, 0.2) is 119 Å². The number of anilines is 1. The third-order valence-electron chi connectivity index (χ3n) is 7.49. The Morgan fingerprint density at radius 3 is 2.02 bits per heavy atom. The Balaban J connectivity index is 1.22. The highest BCUT2D eigenvalue weighted by atomic mass is 32.2. The van der Waals surface area contributed by atoms with Gasteiger partial charge in [0.05, 0.1) is 4.90 Å². The minimum absolute atomic E-state index is 0.0247. The van der Waals surface area contributed by atoms with Crippen molar-refractivity contribution in [2.75, 3.05) is 24.5 Å². The summed E-state index contributed by atoms with van der Waals surface area (Å²) in [5.74, 6) is 0.726. The number of rotatable bonds is 10. The summed E-state index contributed by atoms with van der Waals surface area (Å²) in [6.45, 7) is 2.98. The van der Waals surface area contributed by atoms with E-state index in [0.29, 0.717) is 11.3 Å². The molecule has 1 aliphatic rings. The molecule has 4 aromatic rings. The largest absolute Gasteiger partial charge is 0.305 e. The molecule has 0 radical (unpaired) electrons. The standard InChI is InChI=1S/C33H35N3O3S2/c34-41(38,39)32-17-15-31(16-18-32)40-25-27-11-13-28(14-12-27)33(37)36(29-9-5-2-6-10-29)30-20-23-35(24-21-30)22-19-26-7-3-1-4-8-26/h1-18,30H,19-25H2,(H2,34,38,39). The number of likely N-dealkylation sites (tertiary alicyclic amines) is 1. The maximum atomic E-state index is 13.9. The SMILES string of the molecule is NS(=O)(=O)c1ccc(SCc2ccc(C(=O)N(c3ccccc3)C3CCN(CCc4ccccc4)CC3)cc2)cc1. The van der Waals surface area contributed by atoms with E-state index in [1.807, 2.05) is 59.5 Å². The highest BCUT2D eigenvalue weighted by molar-refractivity contribution is 7.98. The minimum Gasteiger partial charge on any atom is -0.305 e. The van der Waals surface area contributed by atoms with Crippen LogP contribution in [0.4, 0.5) is 5.69 Å². The summed E-state index contributed by atoms with van der Waals surface area (Å²) in [6.07, 6.45) is 2.92. The Hall–Kier alpha value is -3.43. The van der Waals surface area contributed by atoms with Gasteiger partial charge < -0.3 is 9.80 Å². The summed E-state index contributed by atoms with van der Waals surface area (Å²) < 4.78 is 23.0. The molecule has 6 nitrogen and oxygen atoms in total. The number of nitrogens with two attached hydrogens (primary N) is 1. The van der Waals surface area contributed by atoms with E-state index < -0.39 is 10.0 Å². The number of thioether (sulfide) groups is 1. The van der Waals surface area contributed by atoms with Crippen LogP contribution < -0.4 is 10.0 Å². The van der Waals surface area contributed by atoms with Crippen LogP contribution in [0.5, 0.6) is 0 Å². The maximum absolute atomic E-state index is 13.9. The van der Waals surface area contributed by atoms with Gasteiger partial charge in [-0.2, -0.15) is 0 Å². The number of hydrogen-bond donors (Lipinski definition) is 1. The Labute approximate surface area is 247 Å². The van der Waals surface area contributed by atoms with Crippen LogP contribution in [0.1, 0.15) is 34.3 Å². The fraction of sp³-hybridized carbons (Fsp3) is 0.242. The van der Waals surface area contributed by atoms with Crippen molar-refractivity contribution in [2.24, 2.45) is 5.14 Å². The summed E-state index contributed by atoms with van der Waals surface area (Å²) in [4.78, 5) is 19.4. The molecule has 4 aromatic carbocycles. The number of sulfonamides is 1. The Kier molecular flexibility index (Phi) is 9.57. The normalized spacial score (nSPS) is 14.6. The van der Waals surface area contributed by atoms with E-state index in [1.165, 1.54) is 17.7 Å². The second kappa shape index (κ2) is 13.5. The quantitative estimate of drug-likeness (QED) is 0.232. The van der Waals surface area contributed by atoms with Crippen molar-refractivity contribution in [3.8, 4) is 0 Å². The van der Waals surface area contributed by atoms with Gasteiger partial charge >= 0.3 is 0 Å². The predicted octanol–water partition coefficient (Wildman–Crippen LogP) is 5.98. The maximum Gasteiger partial charge on any atom is 0.258 e. The van der Waals surface area contributed by atoms with Gasteiger partial charge in [0.15, 0.2) is 0 Å². The average molecular weight is 586 g/mol. The Bertz CT molecular complexity index is 1520. The van der Waals surface area contributed by atoms with Gasteiger partial charge in [-0.3, -0.25) is 4.79 Å². The third kappa shape index (κ3) is 7.86. The van der Waals surface area contributed by atoms with Crippen molar-refractivity contribution >= 4 is 33.4 Å².